The quantitative estimate of drug-likeness (QED) is 0.766. The predicted octanol–water partition coefficient (Wildman–Crippen LogP) is 4.38. The molecule has 1 atom stereocenters. The van der Waals surface area contributed by atoms with E-state index in [0.29, 0.717) is 19.0 Å². The van der Waals surface area contributed by atoms with E-state index in [4.69, 9.17) is 9.47 Å². The van der Waals surface area contributed by atoms with Crippen LogP contribution in [-0.4, -0.2) is 24.9 Å². The average Bonchev–Trinajstić information content (AvgIpc) is 2.91. The van der Waals surface area contributed by atoms with Crippen LogP contribution in [0.2, 0.25) is 0 Å². The van der Waals surface area contributed by atoms with E-state index in [2.05, 4.69) is 36.5 Å². The second-order valence-corrected chi connectivity index (χ2v) is 7.38. The lowest BCUT2D eigenvalue weighted by atomic mass is 10.1. The zero-order valence-electron chi connectivity index (χ0n) is 15.3. The van der Waals surface area contributed by atoms with Crippen LogP contribution >= 0.6 is 11.8 Å². The van der Waals surface area contributed by atoms with Crippen LogP contribution in [0.5, 0.6) is 11.5 Å². The summed E-state index contributed by atoms with van der Waals surface area (Å²) in [7, 11) is 0. The number of benzene rings is 2. The van der Waals surface area contributed by atoms with E-state index in [1.807, 2.05) is 25.1 Å². The summed E-state index contributed by atoms with van der Waals surface area (Å²) in [6.45, 7) is 5.49. The smallest absolute Gasteiger partial charge is 0.230 e. The summed E-state index contributed by atoms with van der Waals surface area (Å²) < 4.78 is 11.3. The maximum Gasteiger partial charge on any atom is 0.230 e. The van der Waals surface area contributed by atoms with Crippen molar-refractivity contribution in [3.63, 3.8) is 0 Å². The molecule has 1 unspecified atom stereocenters. The van der Waals surface area contributed by atoms with Gasteiger partial charge in [-0.25, -0.2) is 0 Å². The summed E-state index contributed by atoms with van der Waals surface area (Å²) in [4.78, 5) is 13.3. The average molecular weight is 372 g/mol. The molecule has 5 heteroatoms. The third-order valence-corrected chi connectivity index (χ3v) is 5.35. The summed E-state index contributed by atoms with van der Waals surface area (Å²) in [5, 5.41) is 3.06. The van der Waals surface area contributed by atoms with Crippen LogP contribution < -0.4 is 14.8 Å². The predicted molar refractivity (Wildman–Crippen MR) is 105 cm³/mol. The summed E-state index contributed by atoms with van der Waals surface area (Å²) in [6, 6.07) is 14.2. The number of hydrogen-bond donors (Lipinski definition) is 1. The van der Waals surface area contributed by atoms with Crippen molar-refractivity contribution >= 4 is 17.7 Å². The van der Waals surface area contributed by atoms with Gasteiger partial charge in [0, 0.05) is 11.3 Å². The minimum Gasteiger partial charge on any atom is -0.490 e. The maximum atomic E-state index is 12.3. The minimum atomic E-state index is -0.00205. The van der Waals surface area contributed by atoms with E-state index < -0.39 is 0 Å². The Morgan fingerprint density at radius 1 is 1.12 bits per heavy atom. The number of fused-ring (bicyclic) bond motifs is 1. The van der Waals surface area contributed by atoms with Crippen LogP contribution in [-0.2, 0) is 11.2 Å². The molecule has 0 radical (unpaired) electrons. The number of amides is 1. The fraction of sp³-hybridized carbons (Fsp3) is 0.381. The van der Waals surface area contributed by atoms with Gasteiger partial charge in [-0.3, -0.25) is 4.79 Å². The topological polar surface area (TPSA) is 47.6 Å². The number of nitrogens with one attached hydrogen (secondary N) is 1. The third kappa shape index (κ3) is 4.94. The van der Waals surface area contributed by atoms with Crippen molar-refractivity contribution in [1.82, 2.24) is 5.32 Å². The van der Waals surface area contributed by atoms with Crippen molar-refractivity contribution in [2.45, 2.75) is 37.6 Å². The van der Waals surface area contributed by atoms with Gasteiger partial charge >= 0.3 is 0 Å². The maximum absolute atomic E-state index is 12.3. The molecule has 0 aromatic heterocycles. The van der Waals surface area contributed by atoms with Gasteiger partial charge < -0.3 is 14.8 Å². The monoisotopic (exact) mass is 371 g/mol. The minimum absolute atomic E-state index is 0.00205. The first-order chi connectivity index (χ1) is 12.7. The van der Waals surface area contributed by atoms with Gasteiger partial charge in [-0.2, -0.15) is 0 Å². The Labute approximate surface area is 159 Å². The molecule has 1 aliphatic rings. The van der Waals surface area contributed by atoms with Crippen LogP contribution in [0, 0.1) is 0 Å². The van der Waals surface area contributed by atoms with Gasteiger partial charge in [0.05, 0.1) is 25.0 Å². The van der Waals surface area contributed by atoms with Gasteiger partial charge in [0.2, 0.25) is 5.91 Å². The molecule has 1 amide bonds. The Bertz CT molecular complexity index is 745. The van der Waals surface area contributed by atoms with Crippen molar-refractivity contribution in [1.29, 1.82) is 0 Å². The van der Waals surface area contributed by atoms with Crippen molar-refractivity contribution < 1.29 is 14.3 Å². The SMILES string of the molecule is CCc1ccc(C(C)NC(=O)CSc2ccc3c(c2)OCCCO3)cc1. The van der Waals surface area contributed by atoms with Gasteiger partial charge in [0.1, 0.15) is 0 Å². The summed E-state index contributed by atoms with van der Waals surface area (Å²) >= 11 is 1.50. The molecule has 1 N–H and O–H groups in total. The molecule has 0 aliphatic carbocycles. The zero-order valence-corrected chi connectivity index (χ0v) is 16.1. The molecule has 0 saturated carbocycles. The van der Waals surface area contributed by atoms with E-state index in [1.165, 1.54) is 17.3 Å². The second-order valence-electron chi connectivity index (χ2n) is 6.33. The number of aryl methyl sites for hydroxylation is 1. The van der Waals surface area contributed by atoms with Gasteiger partial charge in [-0.05, 0) is 42.7 Å². The number of carbonyl (C=O) groups excluding carboxylic acids is 1. The molecule has 4 nitrogen and oxygen atoms in total. The second kappa shape index (κ2) is 8.99. The zero-order chi connectivity index (χ0) is 18.4. The molecule has 1 heterocycles. The van der Waals surface area contributed by atoms with Crippen molar-refractivity contribution in [3.8, 4) is 11.5 Å². The standard InChI is InChI=1S/C21H25NO3S/c1-3-16-5-7-17(8-6-16)15(2)22-21(23)14-26-18-9-10-19-20(13-18)25-12-4-11-24-19/h5-10,13,15H,3-4,11-12,14H2,1-2H3,(H,22,23). The first kappa shape index (κ1) is 18.6. The first-order valence-corrected chi connectivity index (χ1v) is 10.0. The van der Waals surface area contributed by atoms with E-state index in [-0.39, 0.29) is 11.9 Å². The molecule has 3 rings (SSSR count). The fourth-order valence-corrected chi connectivity index (χ4v) is 3.53. The van der Waals surface area contributed by atoms with E-state index in [1.54, 1.807) is 0 Å². The molecular formula is C21H25NO3S. The molecule has 138 valence electrons. The Hall–Kier alpha value is -2.14. The number of thioether (sulfide) groups is 1. The lowest BCUT2D eigenvalue weighted by Crippen LogP contribution is -2.28. The summed E-state index contributed by atoms with van der Waals surface area (Å²) in [5.74, 6) is 1.93. The Morgan fingerprint density at radius 2 is 1.85 bits per heavy atom. The highest BCUT2D eigenvalue weighted by Crippen LogP contribution is 2.33. The third-order valence-electron chi connectivity index (χ3n) is 4.35. The molecule has 26 heavy (non-hydrogen) atoms. The van der Waals surface area contributed by atoms with Crippen molar-refractivity contribution in [2.75, 3.05) is 19.0 Å². The normalized spacial score (nSPS) is 14.4. The van der Waals surface area contributed by atoms with Crippen LogP contribution in [0.25, 0.3) is 0 Å². The van der Waals surface area contributed by atoms with Gasteiger partial charge in [0.15, 0.2) is 11.5 Å². The lowest BCUT2D eigenvalue weighted by molar-refractivity contribution is -0.119. The van der Waals surface area contributed by atoms with Crippen LogP contribution in [0.4, 0.5) is 0 Å². The first-order valence-electron chi connectivity index (χ1n) is 9.06. The molecule has 1 aliphatic heterocycles. The fourth-order valence-electron chi connectivity index (χ4n) is 2.79. The molecule has 0 bridgehead atoms. The molecule has 0 fully saturated rings. The number of rotatable bonds is 6. The number of hydrogen-bond acceptors (Lipinski definition) is 4. The Kier molecular flexibility index (Phi) is 6.45. The molecular weight excluding hydrogens is 346 g/mol. The Morgan fingerprint density at radius 3 is 2.58 bits per heavy atom. The van der Waals surface area contributed by atoms with E-state index in [9.17, 15) is 4.79 Å². The van der Waals surface area contributed by atoms with E-state index >= 15 is 0 Å². The number of carbonyl (C=O) groups is 1. The number of ether oxygens (including phenoxy) is 2. The van der Waals surface area contributed by atoms with Gasteiger partial charge in [-0.1, -0.05) is 31.2 Å². The molecule has 0 spiro atoms. The molecule has 0 saturated heterocycles. The van der Waals surface area contributed by atoms with Crippen molar-refractivity contribution in [3.05, 3.63) is 53.6 Å². The highest BCUT2D eigenvalue weighted by molar-refractivity contribution is 8.00. The molecule has 2 aromatic carbocycles. The lowest BCUT2D eigenvalue weighted by Gasteiger charge is -2.15. The summed E-state index contributed by atoms with van der Waals surface area (Å²) in [6.07, 6.45) is 1.91. The van der Waals surface area contributed by atoms with E-state index in [0.717, 1.165) is 34.8 Å². The van der Waals surface area contributed by atoms with Gasteiger partial charge in [0.25, 0.3) is 0 Å². The van der Waals surface area contributed by atoms with Crippen LogP contribution in [0.3, 0.4) is 0 Å². The van der Waals surface area contributed by atoms with Crippen LogP contribution in [0.15, 0.2) is 47.4 Å². The highest BCUT2D eigenvalue weighted by atomic mass is 32.2. The highest BCUT2D eigenvalue weighted by Gasteiger charge is 2.13. The Balaban J connectivity index is 1.52. The van der Waals surface area contributed by atoms with Crippen LogP contribution in [0.1, 0.15) is 37.4 Å². The van der Waals surface area contributed by atoms with Gasteiger partial charge in [-0.15, -0.1) is 11.8 Å². The van der Waals surface area contributed by atoms with Crippen molar-refractivity contribution in [2.24, 2.45) is 0 Å². The summed E-state index contributed by atoms with van der Waals surface area (Å²) in [5.41, 5.74) is 2.42. The largest absolute Gasteiger partial charge is 0.490 e. The molecule has 2 aromatic rings.